The summed E-state index contributed by atoms with van der Waals surface area (Å²) in [6.07, 6.45) is 0. The molecule has 0 atom stereocenters. The van der Waals surface area contributed by atoms with Gasteiger partial charge in [-0.05, 0) is 34.7 Å². The van der Waals surface area contributed by atoms with Crippen LogP contribution in [0.2, 0.25) is 0 Å². The van der Waals surface area contributed by atoms with Crippen molar-refractivity contribution < 1.29 is 19.0 Å². The Labute approximate surface area is 166 Å². The summed E-state index contributed by atoms with van der Waals surface area (Å²) in [6, 6.07) is 12.4. The molecule has 2 aromatic carbocycles. The molecule has 10 heteroatoms. The average molecular weight is 401 g/mol. The van der Waals surface area contributed by atoms with E-state index in [0.29, 0.717) is 28.0 Å². The lowest BCUT2D eigenvalue weighted by Crippen LogP contribution is -2.14. The molecule has 1 aromatic heterocycles. The molecule has 0 radical (unpaired) electrons. The summed E-state index contributed by atoms with van der Waals surface area (Å²) >= 11 is 1.22. The monoisotopic (exact) mass is 401 g/mol. The second-order valence-electron chi connectivity index (χ2n) is 5.51. The molecule has 0 bridgehead atoms. The molecule has 9 nitrogen and oxygen atoms in total. The fourth-order valence-electron chi connectivity index (χ4n) is 2.35. The van der Waals surface area contributed by atoms with Gasteiger partial charge in [0, 0.05) is 23.9 Å². The van der Waals surface area contributed by atoms with Crippen molar-refractivity contribution in [3.63, 3.8) is 0 Å². The zero-order valence-electron chi connectivity index (χ0n) is 15.6. The van der Waals surface area contributed by atoms with E-state index in [-0.39, 0.29) is 11.7 Å². The Hall–Kier alpha value is -3.27. The number of methoxy groups -OCH3 is 3. The Morgan fingerprint density at radius 1 is 1.00 bits per heavy atom. The minimum absolute atomic E-state index is 0.146. The van der Waals surface area contributed by atoms with Crippen LogP contribution in [0.15, 0.2) is 47.6 Å². The highest BCUT2D eigenvalue weighted by atomic mass is 32.2. The molecule has 1 amide bonds. The standard InChI is InChI=1S/C18H19N5O4S/c1-25-14-6-4-12(5-7-14)19-17(24)11-28-18-20-21-22-23(18)13-8-15(26-2)10-16(9-13)27-3/h4-10H,11H2,1-3H3,(H,19,24). The van der Waals surface area contributed by atoms with Crippen molar-refractivity contribution in [1.29, 1.82) is 0 Å². The van der Waals surface area contributed by atoms with Crippen molar-refractivity contribution in [3.8, 4) is 22.9 Å². The number of nitrogens with one attached hydrogen (secondary N) is 1. The Morgan fingerprint density at radius 3 is 2.25 bits per heavy atom. The minimum atomic E-state index is -0.173. The largest absolute Gasteiger partial charge is 0.497 e. The fraction of sp³-hybridized carbons (Fsp3) is 0.222. The summed E-state index contributed by atoms with van der Waals surface area (Å²) in [5.74, 6) is 1.91. The first-order valence-corrected chi connectivity index (χ1v) is 9.20. The molecule has 1 heterocycles. The van der Waals surface area contributed by atoms with Gasteiger partial charge in [-0.15, -0.1) is 5.10 Å². The van der Waals surface area contributed by atoms with Crippen molar-refractivity contribution in [2.24, 2.45) is 0 Å². The van der Waals surface area contributed by atoms with E-state index in [0.717, 1.165) is 5.75 Å². The first-order valence-electron chi connectivity index (χ1n) is 8.21. The number of benzene rings is 2. The number of tetrazole rings is 1. The molecule has 3 aromatic rings. The first-order chi connectivity index (χ1) is 13.6. The first kappa shape index (κ1) is 19.5. The number of amides is 1. The van der Waals surface area contributed by atoms with Gasteiger partial charge in [0.1, 0.15) is 17.2 Å². The molecule has 0 fully saturated rings. The predicted octanol–water partition coefficient (Wildman–Crippen LogP) is 2.42. The van der Waals surface area contributed by atoms with Crippen LogP contribution < -0.4 is 19.5 Å². The van der Waals surface area contributed by atoms with E-state index in [4.69, 9.17) is 14.2 Å². The molecule has 0 unspecified atom stereocenters. The number of ether oxygens (including phenoxy) is 3. The third kappa shape index (κ3) is 4.71. The van der Waals surface area contributed by atoms with Crippen molar-refractivity contribution in [3.05, 3.63) is 42.5 Å². The van der Waals surface area contributed by atoms with Gasteiger partial charge in [-0.2, -0.15) is 4.68 Å². The zero-order chi connectivity index (χ0) is 19.9. The van der Waals surface area contributed by atoms with Gasteiger partial charge < -0.3 is 19.5 Å². The van der Waals surface area contributed by atoms with Gasteiger partial charge in [-0.3, -0.25) is 4.79 Å². The molecule has 146 valence electrons. The van der Waals surface area contributed by atoms with E-state index in [1.54, 1.807) is 63.8 Å². The molecule has 0 aliphatic heterocycles. The van der Waals surface area contributed by atoms with Crippen LogP contribution in [0.3, 0.4) is 0 Å². The molecule has 0 saturated carbocycles. The molecule has 28 heavy (non-hydrogen) atoms. The number of nitrogens with zero attached hydrogens (tertiary/aromatic N) is 4. The number of rotatable bonds is 8. The van der Waals surface area contributed by atoms with Gasteiger partial charge in [0.05, 0.1) is 32.8 Å². The Bertz CT molecular complexity index is 923. The van der Waals surface area contributed by atoms with Crippen LogP contribution in [0.1, 0.15) is 0 Å². The van der Waals surface area contributed by atoms with E-state index >= 15 is 0 Å². The molecule has 1 N–H and O–H groups in total. The Morgan fingerprint density at radius 2 is 1.64 bits per heavy atom. The molecule has 3 rings (SSSR count). The van der Waals surface area contributed by atoms with Crippen LogP contribution in [0.5, 0.6) is 17.2 Å². The van der Waals surface area contributed by atoms with Gasteiger partial charge in [0.15, 0.2) is 0 Å². The lowest BCUT2D eigenvalue weighted by molar-refractivity contribution is -0.113. The highest BCUT2D eigenvalue weighted by molar-refractivity contribution is 7.99. The van der Waals surface area contributed by atoms with Gasteiger partial charge in [-0.25, -0.2) is 0 Å². The van der Waals surface area contributed by atoms with Crippen LogP contribution in [0.4, 0.5) is 5.69 Å². The lowest BCUT2D eigenvalue weighted by atomic mass is 10.3. The zero-order valence-corrected chi connectivity index (χ0v) is 16.4. The van der Waals surface area contributed by atoms with E-state index < -0.39 is 0 Å². The van der Waals surface area contributed by atoms with E-state index in [1.807, 2.05) is 0 Å². The molecular formula is C18H19N5O4S. The van der Waals surface area contributed by atoms with Crippen LogP contribution in [-0.4, -0.2) is 53.2 Å². The van der Waals surface area contributed by atoms with Crippen molar-refractivity contribution in [1.82, 2.24) is 20.2 Å². The Balaban J connectivity index is 1.68. The van der Waals surface area contributed by atoms with E-state index in [9.17, 15) is 4.79 Å². The fourth-order valence-corrected chi connectivity index (χ4v) is 3.04. The number of carbonyl (C=O) groups is 1. The molecular weight excluding hydrogens is 382 g/mol. The number of thioether (sulfide) groups is 1. The average Bonchev–Trinajstić information content (AvgIpc) is 3.21. The quantitative estimate of drug-likeness (QED) is 0.575. The van der Waals surface area contributed by atoms with E-state index in [2.05, 4.69) is 20.8 Å². The summed E-state index contributed by atoms with van der Waals surface area (Å²) in [4.78, 5) is 12.2. The maximum Gasteiger partial charge on any atom is 0.234 e. The number of aromatic nitrogens is 4. The number of hydrogen-bond donors (Lipinski definition) is 1. The number of hydrogen-bond acceptors (Lipinski definition) is 8. The maximum absolute atomic E-state index is 12.2. The normalized spacial score (nSPS) is 10.4. The van der Waals surface area contributed by atoms with Crippen LogP contribution >= 0.6 is 11.8 Å². The number of anilines is 1. The third-order valence-corrected chi connectivity index (χ3v) is 4.65. The van der Waals surface area contributed by atoms with Gasteiger partial charge in [0.25, 0.3) is 0 Å². The summed E-state index contributed by atoms with van der Waals surface area (Å²) in [5.41, 5.74) is 1.35. The molecule has 0 spiro atoms. The number of carbonyl (C=O) groups excluding carboxylic acids is 1. The van der Waals surface area contributed by atoms with Gasteiger partial charge in [-0.1, -0.05) is 11.8 Å². The second kappa shape index (κ2) is 9.09. The third-order valence-electron chi connectivity index (χ3n) is 3.73. The van der Waals surface area contributed by atoms with Crippen molar-refractivity contribution in [2.45, 2.75) is 5.16 Å². The van der Waals surface area contributed by atoms with E-state index in [1.165, 1.54) is 16.4 Å². The topological polar surface area (TPSA) is 100 Å². The summed E-state index contributed by atoms with van der Waals surface area (Å²) in [5, 5.41) is 15.0. The SMILES string of the molecule is COc1ccc(NC(=O)CSc2nnnn2-c2cc(OC)cc(OC)c2)cc1. The summed E-state index contributed by atoms with van der Waals surface area (Å²) in [7, 11) is 4.72. The summed E-state index contributed by atoms with van der Waals surface area (Å²) < 4.78 is 17.2. The second-order valence-corrected chi connectivity index (χ2v) is 6.45. The van der Waals surface area contributed by atoms with Crippen LogP contribution in [0, 0.1) is 0 Å². The van der Waals surface area contributed by atoms with Crippen LogP contribution in [0.25, 0.3) is 5.69 Å². The predicted molar refractivity (Wildman–Crippen MR) is 105 cm³/mol. The molecule has 0 aliphatic carbocycles. The highest BCUT2D eigenvalue weighted by Gasteiger charge is 2.14. The van der Waals surface area contributed by atoms with Gasteiger partial charge >= 0.3 is 0 Å². The Kier molecular flexibility index (Phi) is 6.33. The lowest BCUT2D eigenvalue weighted by Gasteiger charge is -2.09. The highest BCUT2D eigenvalue weighted by Crippen LogP contribution is 2.27. The van der Waals surface area contributed by atoms with Crippen molar-refractivity contribution in [2.75, 3.05) is 32.4 Å². The maximum atomic E-state index is 12.2. The molecule has 0 aliphatic rings. The molecule has 0 saturated heterocycles. The summed E-state index contributed by atoms with van der Waals surface area (Å²) in [6.45, 7) is 0. The van der Waals surface area contributed by atoms with Crippen LogP contribution in [-0.2, 0) is 4.79 Å². The minimum Gasteiger partial charge on any atom is -0.497 e. The van der Waals surface area contributed by atoms with Gasteiger partial charge in [0.2, 0.25) is 11.1 Å². The van der Waals surface area contributed by atoms with Crippen molar-refractivity contribution >= 4 is 23.4 Å². The smallest absolute Gasteiger partial charge is 0.234 e.